The molecular weight excluding hydrogens is 335 g/mol. The second-order valence-electron chi connectivity index (χ2n) is 3.89. The van der Waals surface area contributed by atoms with Gasteiger partial charge in [0, 0.05) is 30.1 Å². The van der Waals surface area contributed by atoms with Gasteiger partial charge in [-0.1, -0.05) is 29.3 Å². The summed E-state index contributed by atoms with van der Waals surface area (Å²) in [5.74, 6) is -0.305. The number of nitrogens with zero attached hydrogens (tertiary/aromatic N) is 1. The summed E-state index contributed by atoms with van der Waals surface area (Å²) in [5.41, 5.74) is 0.791. The molecule has 0 aliphatic rings. The number of halogens is 2. The van der Waals surface area contributed by atoms with Crippen LogP contribution in [0.15, 0.2) is 42.6 Å². The molecule has 8 heteroatoms. The molecule has 2 rings (SSSR count). The quantitative estimate of drug-likeness (QED) is 0.367. The predicted octanol–water partition coefficient (Wildman–Crippen LogP) is 4.77. The lowest BCUT2D eigenvalue weighted by molar-refractivity contribution is -0.384. The summed E-state index contributed by atoms with van der Waals surface area (Å²) in [6, 6.07) is 7.44. The van der Waals surface area contributed by atoms with Crippen molar-refractivity contribution in [1.29, 1.82) is 0 Å². The first-order chi connectivity index (χ1) is 9.97. The number of nitrogens with one attached hydrogen (secondary N) is 1. The zero-order valence-electron chi connectivity index (χ0n) is 10.4. The van der Waals surface area contributed by atoms with Crippen molar-refractivity contribution in [2.75, 3.05) is 5.32 Å². The third-order valence-electron chi connectivity index (χ3n) is 2.46. The number of hydrogen-bond donors (Lipinski definition) is 1. The SMILES string of the molecule is O=C(C=CNc1cccc([N+](=O)[O-])c1)c1cc(Cl)sc1Cl. The van der Waals surface area contributed by atoms with Crippen LogP contribution in [-0.4, -0.2) is 10.7 Å². The van der Waals surface area contributed by atoms with Crippen LogP contribution >= 0.6 is 34.5 Å². The van der Waals surface area contributed by atoms with E-state index in [-0.39, 0.29) is 11.5 Å². The number of nitro benzene ring substituents is 1. The number of benzene rings is 1. The highest BCUT2D eigenvalue weighted by atomic mass is 35.5. The normalized spacial score (nSPS) is 10.8. The Labute approximate surface area is 134 Å². The van der Waals surface area contributed by atoms with E-state index >= 15 is 0 Å². The van der Waals surface area contributed by atoms with Crippen LogP contribution in [0.25, 0.3) is 0 Å². The Morgan fingerprint density at radius 3 is 2.71 bits per heavy atom. The number of thiophene rings is 1. The summed E-state index contributed by atoms with van der Waals surface area (Å²) in [6.45, 7) is 0. The molecule has 0 atom stereocenters. The largest absolute Gasteiger partial charge is 0.361 e. The van der Waals surface area contributed by atoms with Gasteiger partial charge >= 0.3 is 0 Å². The Hall–Kier alpha value is -1.89. The van der Waals surface area contributed by atoms with Gasteiger partial charge in [0.1, 0.15) is 4.34 Å². The van der Waals surface area contributed by atoms with Crippen LogP contribution in [0.1, 0.15) is 10.4 Å². The number of ketones is 1. The van der Waals surface area contributed by atoms with Gasteiger partial charge in [-0.3, -0.25) is 14.9 Å². The van der Waals surface area contributed by atoms with Gasteiger partial charge in [0.15, 0.2) is 5.78 Å². The average molecular weight is 343 g/mol. The summed E-state index contributed by atoms with van der Waals surface area (Å²) in [4.78, 5) is 22.0. The highest BCUT2D eigenvalue weighted by Crippen LogP contribution is 2.31. The topological polar surface area (TPSA) is 72.2 Å². The third kappa shape index (κ3) is 4.04. The number of anilines is 1. The lowest BCUT2D eigenvalue weighted by Crippen LogP contribution is -1.95. The number of hydrogen-bond acceptors (Lipinski definition) is 5. The lowest BCUT2D eigenvalue weighted by Gasteiger charge is -1.99. The fraction of sp³-hybridized carbons (Fsp3) is 0. The van der Waals surface area contributed by atoms with E-state index in [1.165, 1.54) is 30.5 Å². The fourth-order valence-electron chi connectivity index (χ4n) is 1.52. The Balaban J connectivity index is 2.05. The van der Waals surface area contributed by atoms with Crippen LogP contribution in [0.2, 0.25) is 8.67 Å². The molecule has 0 radical (unpaired) electrons. The van der Waals surface area contributed by atoms with E-state index in [1.807, 2.05) is 0 Å². The van der Waals surface area contributed by atoms with Gasteiger partial charge in [0.05, 0.1) is 14.8 Å². The number of carbonyl (C=O) groups is 1. The van der Waals surface area contributed by atoms with E-state index in [4.69, 9.17) is 23.2 Å². The van der Waals surface area contributed by atoms with E-state index in [2.05, 4.69) is 5.32 Å². The number of carbonyl (C=O) groups excluding carboxylic acids is 1. The second-order valence-corrected chi connectivity index (χ2v) is 6.17. The fourth-order valence-corrected chi connectivity index (χ4v) is 2.99. The zero-order valence-corrected chi connectivity index (χ0v) is 12.7. The van der Waals surface area contributed by atoms with Crippen molar-refractivity contribution in [3.05, 3.63) is 67.0 Å². The van der Waals surface area contributed by atoms with Gasteiger partial charge < -0.3 is 5.32 Å². The summed E-state index contributed by atoms with van der Waals surface area (Å²) in [6.07, 6.45) is 2.67. The summed E-state index contributed by atoms with van der Waals surface area (Å²) >= 11 is 12.8. The molecule has 0 aliphatic carbocycles. The average Bonchev–Trinajstić information content (AvgIpc) is 2.78. The molecule has 0 spiro atoms. The summed E-state index contributed by atoms with van der Waals surface area (Å²) in [7, 11) is 0. The van der Waals surface area contributed by atoms with Crippen molar-refractivity contribution in [2.45, 2.75) is 0 Å². The summed E-state index contributed by atoms with van der Waals surface area (Å²) < 4.78 is 0.758. The lowest BCUT2D eigenvalue weighted by atomic mass is 10.2. The molecule has 108 valence electrons. The minimum atomic E-state index is -0.493. The van der Waals surface area contributed by atoms with Crippen LogP contribution in [0.5, 0.6) is 0 Å². The first-order valence-electron chi connectivity index (χ1n) is 5.64. The van der Waals surface area contributed by atoms with Crippen molar-refractivity contribution in [2.24, 2.45) is 0 Å². The minimum Gasteiger partial charge on any atom is -0.361 e. The van der Waals surface area contributed by atoms with Gasteiger partial charge in [-0.25, -0.2) is 0 Å². The zero-order chi connectivity index (χ0) is 15.4. The number of rotatable bonds is 5. The Bertz CT molecular complexity index is 728. The van der Waals surface area contributed by atoms with Crippen LogP contribution in [-0.2, 0) is 0 Å². The van der Waals surface area contributed by atoms with Gasteiger partial charge in [0.2, 0.25) is 0 Å². The van der Waals surface area contributed by atoms with Crippen molar-refractivity contribution in [3.8, 4) is 0 Å². The summed E-state index contributed by atoms with van der Waals surface area (Å²) in [5, 5.41) is 13.4. The molecule has 0 amide bonds. The smallest absolute Gasteiger partial charge is 0.271 e. The molecule has 0 aliphatic heterocycles. The van der Waals surface area contributed by atoms with Crippen molar-refractivity contribution in [3.63, 3.8) is 0 Å². The highest BCUT2D eigenvalue weighted by molar-refractivity contribution is 7.20. The maximum Gasteiger partial charge on any atom is 0.271 e. The Kier molecular flexibility index (Phi) is 4.95. The van der Waals surface area contributed by atoms with E-state index in [1.54, 1.807) is 12.1 Å². The molecule has 0 saturated heterocycles. The maximum atomic E-state index is 11.9. The van der Waals surface area contributed by atoms with Crippen LogP contribution in [0.3, 0.4) is 0 Å². The van der Waals surface area contributed by atoms with Crippen molar-refractivity contribution < 1.29 is 9.72 Å². The van der Waals surface area contributed by atoms with Crippen LogP contribution in [0.4, 0.5) is 11.4 Å². The van der Waals surface area contributed by atoms with E-state index in [9.17, 15) is 14.9 Å². The predicted molar refractivity (Wildman–Crippen MR) is 84.5 cm³/mol. The maximum absolute atomic E-state index is 11.9. The minimum absolute atomic E-state index is 0.0348. The van der Waals surface area contributed by atoms with E-state index in [0.29, 0.717) is 19.9 Å². The number of non-ortho nitro benzene ring substituents is 1. The third-order valence-corrected chi connectivity index (χ3v) is 3.95. The van der Waals surface area contributed by atoms with Gasteiger partial charge in [-0.2, -0.15) is 0 Å². The molecule has 0 saturated carbocycles. The Morgan fingerprint density at radius 1 is 1.33 bits per heavy atom. The molecule has 1 aromatic heterocycles. The van der Waals surface area contributed by atoms with Crippen molar-refractivity contribution >= 4 is 51.7 Å². The molecule has 1 aromatic carbocycles. The number of allylic oxidation sites excluding steroid dienone is 1. The molecular formula is C13H8Cl2N2O3S. The van der Waals surface area contributed by atoms with E-state index in [0.717, 1.165) is 11.3 Å². The first kappa shape index (κ1) is 15.5. The van der Waals surface area contributed by atoms with E-state index < -0.39 is 4.92 Å². The second kappa shape index (κ2) is 6.71. The van der Waals surface area contributed by atoms with Crippen LogP contribution < -0.4 is 5.32 Å². The molecule has 2 aromatic rings. The monoisotopic (exact) mass is 342 g/mol. The van der Waals surface area contributed by atoms with Gasteiger partial charge in [-0.05, 0) is 12.1 Å². The van der Waals surface area contributed by atoms with Crippen molar-refractivity contribution in [1.82, 2.24) is 0 Å². The standard InChI is InChI=1S/C13H8Cl2N2O3S/c14-12-7-10(13(15)21-12)11(18)4-5-16-8-2-1-3-9(6-8)17(19)20/h1-7,16H. The molecule has 1 N–H and O–H groups in total. The molecule has 0 unspecified atom stereocenters. The van der Waals surface area contributed by atoms with Crippen LogP contribution in [0, 0.1) is 10.1 Å². The first-order valence-corrected chi connectivity index (χ1v) is 7.21. The molecule has 1 heterocycles. The molecule has 21 heavy (non-hydrogen) atoms. The molecule has 0 fully saturated rings. The van der Waals surface area contributed by atoms with Gasteiger partial charge in [-0.15, -0.1) is 11.3 Å². The molecule has 5 nitrogen and oxygen atoms in total. The Morgan fingerprint density at radius 2 is 2.10 bits per heavy atom. The van der Waals surface area contributed by atoms with Gasteiger partial charge in [0.25, 0.3) is 5.69 Å². The number of nitro groups is 1. The highest BCUT2D eigenvalue weighted by Gasteiger charge is 2.11. The molecule has 0 bridgehead atoms.